The first-order chi connectivity index (χ1) is 9.97. The SMILES string of the molecule is Cc1cc(OC(C)C(=O)Nc2ccccc2)c(Cl)cc1Br. The maximum Gasteiger partial charge on any atom is 0.265 e. The van der Waals surface area contributed by atoms with Crippen LogP contribution in [0.15, 0.2) is 46.9 Å². The zero-order chi connectivity index (χ0) is 15.4. The molecular weight excluding hydrogens is 354 g/mol. The van der Waals surface area contributed by atoms with Crippen molar-refractivity contribution in [2.75, 3.05) is 5.32 Å². The van der Waals surface area contributed by atoms with Gasteiger partial charge in [-0.3, -0.25) is 4.79 Å². The smallest absolute Gasteiger partial charge is 0.265 e. The first-order valence-corrected chi connectivity index (χ1v) is 7.62. The monoisotopic (exact) mass is 367 g/mol. The van der Waals surface area contributed by atoms with Gasteiger partial charge in [0.15, 0.2) is 6.10 Å². The molecule has 0 bridgehead atoms. The molecule has 1 N–H and O–H groups in total. The van der Waals surface area contributed by atoms with Gasteiger partial charge in [-0.2, -0.15) is 0 Å². The standard InChI is InChI=1S/C16H15BrClNO2/c1-10-8-15(14(18)9-13(10)17)21-11(2)16(20)19-12-6-4-3-5-7-12/h3-9,11H,1-2H3,(H,19,20). The third-order valence-electron chi connectivity index (χ3n) is 2.93. The molecule has 5 heteroatoms. The third kappa shape index (κ3) is 4.22. The summed E-state index contributed by atoms with van der Waals surface area (Å²) in [5, 5.41) is 3.26. The van der Waals surface area contributed by atoms with Gasteiger partial charge < -0.3 is 10.1 Å². The van der Waals surface area contributed by atoms with E-state index >= 15 is 0 Å². The van der Waals surface area contributed by atoms with Crippen LogP contribution >= 0.6 is 27.5 Å². The number of anilines is 1. The van der Waals surface area contributed by atoms with Crippen LogP contribution in [0.1, 0.15) is 12.5 Å². The van der Waals surface area contributed by atoms with E-state index in [0.717, 1.165) is 15.7 Å². The summed E-state index contributed by atoms with van der Waals surface area (Å²) in [7, 11) is 0. The van der Waals surface area contributed by atoms with Gasteiger partial charge >= 0.3 is 0 Å². The summed E-state index contributed by atoms with van der Waals surface area (Å²) in [5.41, 5.74) is 1.72. The highest BCUT2D eigenvalue weighted by Crippen LogP contribution is 2.31. The Morgan fingerprint density at radius 3 is 2.62 bits per heavy atom. The van der Waals surface area contributed by atoms with Crippen molar-refractivity contribution in [3.8, 4) is 5.75 Å². The van der Waals surface area contributed by atoms with Crippen molar-refractivity contribution < 1.29 is 9.53 Å². The van der Waals surface area contributed by atoms with Crippen LogP contribution in [-0.4, -0.2) is 12.0 Å². The number of para-hydroxylation sites is 1. The number of ether oxygens (including phenoxy) is 1. The second-order valence-electron chi connectivity index (χ2n) is 4.65. The predicted molar refractivity (Wildman–Crippen MR) is 89.1 cm³/mol. The molecular formula is C16H15BrClNO2. The normalized spacial score (nSPS) is 11.8. The van der Waals surface area contributed by atoms with Crippen molar-refractivity contribution >= 4 is 39.1 Å². The lowest BCUT2D eigenvalue weighted by Gasteiger charge is -2.16. The molecule has 0 radical (unpaired) electrons. The van der Waals surface area contributed by atoms with E-state index in [1.165, 1.54) is 0 Å². The average Bonchev–Trinajstić information content (AvgIpc) is 2.45. The van der Waals surface area contributed by atoms with Crippen molar-refractivity contribution in [1.29, 1.82) is 0 Å². The van der Waals surface area contributed by atoms with Gasteiger partial charge in [-0.05, 0) is 43.7 Å². The Bertz CT molecular complexity index is 646. The minimum absolute atomic E-state index is 0.224. The number of amides is 1. The first-order valence-electron chi connectivity index (χ1n) is 6.45. The Morgan fingerprint density at radius 1 is 1.29 bits per heavy atom. The minimum atomic E-state index is -0.650. The molecule has 0 aromatic heterocycles. The van der Waals surface area contributed by atoms with E-state index in [1.807, 2.05) is 37.3 Å². The summed E-state index contributed by atoms with van der Waals surface area (Å²) >= 11 is 9.52. The van der Waals surface area contributed by atoms with E-state index in [9.17, 15) is 4.79 Å². The highest BCUT2D eigenvalue weighted by atomic mass is 79.9. The molecule has 1 unspecified atom stereocenters. The summed E-state index contributed by atoms with van der Waals surface area (Å²) in [5.74, 6) is 0.269. The summed E-state index contributed by atoms with van der Waals surface area (Å²) < 4.78 is 6.55. The summed E-state index contributed by atoms with van der Waals surface area (Å²) in [6.07, 6.45) is -0.650. The molecule has 2 aromatic carbocycles. The molecule has 21 heavy (non-hydrogen) atoms. The zero-order valence-corrected chi connectivity index (χ0v) is 14.0. The number of hydrogen-bond donors (Lipinski definition) is 1. The van der Waals surface area contributed by atoms with Gasteiger partial charge in [0, 0.05) is 10.2 Å². The Kier molecular flexibility index (Phi) is 5.26. The van der Waals surface area contributed by atoms with Crippen molar-refractivity contribution in [3.05, 3.63) is 57.5 Å². The number of aryl methyl sites for hydroxylation is 1. The molecule has 1 atom stereocenters. The first kappa shape index (κ1) is 15.9. The van der Waals surface area contributed by atoms with Crippen LogP contribution in [-0.2, 0) is 4.79 Å². The highest BCUT2D eigenvalue weighted by Gasteiger charge is 2.17. The molecule has 0 aliphatic heterocycles. The zero-order valence-electron chi connectivity index (χ0n) is 11.7. The molecule has 0 saturated heterocycles. The fourth-order valence-electron chi connectivity index (χ4n) is 1.73. The average molecular weight is 369 g/mol. The molecule has 0 aliphatic rings. The minimum Gasteiger partial charge on any atom is -0.479 e. The van der Waals surface area contributed by atoms with Crippen molar-refractivity contribution in [1.82, 2.24) is 0 Å². The highest BCUT2D eigenvalue weighted by molar-refractivity contribution is 9.10. The van der Waals surface area contributed by atoms with Crippen LogP contribution in [0.4, 0.5) is 5.69 Å². The van der Waals surface area contributed by atoms with Crippen LogP contribution in [0.5, 0.6) is 5.75 Å². The molecule has 0 aliphatic carbocycles. The molecule has 110 valence electrons. The fourth-order valence-corrected chi connectivity index (χ4v) is 2.41. The van der Waals surface area contributed by atoms with Gasteiger partial charge in [-0.25, -0.2) is 0 Å². The molecule has 1 amide bonds. The summed E-state index contributed by atoms with van der Waals surface area (Å²) in [4.78, 5) is 12.1. The van der Waals surface area contributed by atoms with Crippen LogP contribution in [0.3, 0.4) is 0 Å². The second kappa shape index (κ2) is 6.96. The summed E-state index contributed by atoms with van der Waals surface area (Å²) in [6, 6.07) is 12.8. The van der Waals surface area contributed by atoms with E-state index < -0.39 is 6.10 Å². The molecule has 2 rings (SSSR count). The lowest BCUT2D eigenvalue weighted by atomic mass is 10.2. The molecule has 0 spiro atoms. The number of nitrogens with one attached hydrogen (secondary N) is 1. The van der Waals surface area contributed by atoms with E-state index in [-0.39, 0.29) is 5.91 Å². The van der Waals surface area contributed by atoms with E-state index in [1.54, 1.807) is 19.1 Å². The Balaban J connectivity index is 2.06. The van der Waals surface area contributed by atoms with Gasteiger partial charge in [-0.15, -0.1) is 0 Å². The number of rotatable bonds is 4. The largest absolute Gasteiger partial charge is 0.479 e. The fraction of sp³-hybridized carbons (Fsp3) is 0.188. The Morgan fingerprint density at radius 2 is 1.95 bits per heavy atom. The van der Waals surface area contributed by atoms with Gasteiger partial charge in [-0.1, -0.05) is 45.7 Å². The predicted octanol–water partition coefficient (Wildman–Crippen LogP) is 4.82. The summed E-state index contributed by atoms with van der Waals surface area (Å²) in [6.45, 7) is 3.62. The molecule has 0 saturated carbocycles. The second-order valence-corrected chi connectivity index (χ2v) is 5.91. The number of halogens is 2. The lowest BCUT2D eigenvalue weighted by Crippen LogP contribution is -2.30. The molecule has 0 fully saturated rings. The van der Waals surface area contributed by atoms with Crippen molar-refractivity contribution in [2.45, 2.75) is 20.0 Å². The van der Waals surface area contributed by atoms with Crippen LogP contribution in [0.25, 0.3) is 0 Å². The lowest BCUT2D eigenvalue weighted by molar-refractivity contribution is -0.122. The topological polar surface area (TPSA) is 38.3 Å². The van der Waals surface area contributed by atoms with E-state index in [2.05, 4.69) is 21.2 Å². The number of hydrogen-bond acceptors (Lipinski definition) is 2. The van der Waals surface area contributed by atoms with E-state index in [0.29, 0.717) is 10.8 Å². The maximum absolute atomic E-state index is 12.1. The van der Waals surface area contributed by atoms with Crippen LogP contribution in [0, 0.1) is 6.92 Å². The molecule has 3 nitrogen and oxygen atoms in total. The number of carbonyl (C=O) groups excluding carboxylic acids is 1. The molecule has 0 heterocycles. The van der Waals surface area contributed by atoms with Crippen molar-refractivity contribution in [3.63, 3.8) is 0 Å². The number of benzene rings is 2. The van der Waals surface area contributed by atoms with E-state index in [4.69, 9.17) is 16.3 Å². The van der Waals surface area contributed by atoms with Gasteiger partial charge in [0.2, 0.25) is 0 Å². The van der Waals surface area contributed by atoms with Crippen LogP contribution in [0.2, 0.25) is 5.02 Å². The Hall–Kier alpha value is -1.52. The number of carbonyl (C=O) groups is 1. The van der Waals surface area contributed by atoms with Gasteiger partial charge in [0.1, 0.15) is 5.75 Å². The van der Waals surface area contributed by atoms with Gasteiger partial charge in [0.25, 0.3) is 5.91 Å². The van der Waals surface area contributed by atoms with Crippen molar-refractivity contribution in [2.24, 2.45) is 0 Å². The third-order valence-corrected chi connectivity index (χ3v) is 4.08. The quantitative estimate of drug-likeness (QED) is 0.840. The Labute approximate surface area is 137 Å². The van der Waals surface area contributed by atoms with Crippen LogP contribution < -0.4 is 10.1 Å². The maximum atomic E-state index is 12.1. The van der Waals surface area contributed by atoms with Gasteiger partial charge in [0.05, 0.1) is 5.02 Å². The molecule has 2 aromatic rings.